The van der Waals surface area contributed by atoms with Crippen LogP contribution in [0.4, 0.5) is 29.5 Å². The van der Waals surface area contributed by atoms with E-state index in [1.807, 2.05) is 18.2 Å². The van der Waals surface area contributed by atoms with Crippen molar-refractivity contribution in [1.82, 2.24) is 20.5 Å². The number of aromatic nitrogens is 1. The first kappa shape index (κ1) is 21.9. The molecule has 1 fully saturated rings. The Morgan fingerprint density at radius 3 is 2.66 bits per heavy atom. The normalized spacial score (nSPS) is 15.7. The van der Waals surface area contributed by atoms with E-state index in [-0.39, 0.29) is 30.9 Å². The molecule has 3 N–H and O–H groups in total. The molecule has 1 saturated carbocycles. The lowest BCUT2D eigenvalue weighted by atomic mass is 9.97. The van der Waals surface area contributed by atoms with Gasteiger partial charge in [-0.3, -0.25) is 4.79 Å². The molecule has 0 atom stereocenters. The average Bonchev–Trinajstić information content (AvgIpc) is 3.57. The molecule has 2 aromatic rings. The second-order valence-electron chi connectivity index (χ2n) is 7.99. The molecule has 0 bridgehead atoms. The van der Waals surface area contributed by atoms with Crippen molar-refractivity contribution >= 4 is 23.4 Å². The van der Waals surface area contributed by atoms with Crippen LogP contribution in [0, 0.1) is 0 Å². The second kappa shape index (κ2) is 9.05. The van der Waals surface area contributed by atoms with E-state index in [2.05, 4.69) is 20.9 Å². The lowest BCUT2D eigenvalue weighted by Crippen LogP contribution is -2.41. The number of fused-ring (bicyclic) bond motifs is 1. The van der Waals surface area contributed by atoms with Crippen molar-refractivity contribution in [2.24, 2.45) is 0 Å². The summed E-state index contributed by atoms with van der Waals surface area (Å²) in [5.74, 6) is 0.283. The fourth-order valence-electron chi connectivity index (χ4n) is 3.62. The van der Waals surface area contributed by atoms with Crippen LogP contribution in [0.5, 0.6) is 0 Å². The maximum Gasteiger partial charge on any atom is 0.417 e. The van der Waals surface area contributed by atoms with Crippen molar-refractivity contribution in [1.29, 1.82) is 0 Å². The highest BCUT2D eigenvalue weighted by atomic mass is 19.4. The van der Waals surface area contributed by atoms with Crippen molar-refractivity contribution in [3.05, 3.63) is 53.2 Å². The van der Waals surface area contributed by atoms with Gasteiger partial charge in [-0.25, -0.2) is 9.78 Å². The number of anilines is 2. The highest BCUT2D eigenvalue weighted by molar-refractivity contribution is 5.79. The maximum absolute atomic E-state index is 12.7. The number of urea groups is 1. The number of amides is 3. The van der Waals surface area contributed by atoms with Crippen molar-refractivity contribution in [3.63, 3.8) is 0 Å². The fourth-order valence-corrected chi connectivity index (χ4v) is 3.62. The Kier molecular flexibility index (Phi) is 6.20. The molecule has 2 aliphatic rings. The van der Waals surface area contributed by atoms with Crippen LogP contribution >= 0.6 is 0 Å². The first-order valence-electron chi connectivity index (χ1n) is 10.5. The van der Waals surface area contributed by atoms with Crippen LogP contribution in [0.25, 0.3) is 0 Å². The molecule has 4 rings (SSSR count). The highest BCUT2D eigenvalue weighted by Gasteiger charge is 2.30. The van der Waals surface area contributed by atoms with Crippen LogP contribution in [0.15, 0.2) is 36.5 Å². The van der Waals surface area contributed by atoms with Crippen molar-refractivity contribution in [2.45, 2.75) is 44.4 Å². The zero-order valence-corrected chi connectivity index (χ0v) is 17.3. The summed E-state index contributed by atoms with van der Waals surface area (Å²) in [6, 6.07) is 7.93. The first-order valence-corrected chi connectivity index (χ1v) is 10.5. The van der Waals surface area contributed by atoms with Gasteiger partial charge in [0.15, 0.2) is 0 Å². The van der Waals surface area contributed by atoms with E-state index in [0.29, 0.717) is 25.3 Å². The van der Waals surface area contributed by atoms with E-state index in [0.717, 1.165) is 41.9 Å². The molecule has 1 aliphatic carbocycles. The van der Waals surface area contributed by atoms with Gasteiger partial charge in [0.2, 0.25) is 5.91 Å². The predicted octanol–water partition coefficient (Wildman–Crippen LogP) is 3.58. The topological polar surface area (TPSA) is 86.4 Å². The summed E-state index contributed by atoms with van der Waals surface area (Å²) in [5.41, 5.74) is 1.95. The zero-order valence-electron chi connectivity index (χ0n) is 17.3. The number of alkyl halides is 3. The number of rotatable bonds is 6. The summed E-state index contributed by atoms with van der Waals surface area (Å²) in [6.07, 6.45) is -0.779. The summed E-state index contributed by atoms with van der Waals surface area (Å²) < 4.78 is 38.2. The molecule has 32 heavy (non-hydrogen) atoms. The zero-order chi connectivity index (χ0) is 22.7. The smallest absolute Gasteiger partial charge is 0.340 e. The average molecular weight is 447 g/mol. The van der Waals surface area contributed by atoms with Crippen LogP contribution in [0.1, 0.15) is 36.0 Å². The molecule has 0 spiro atoms. The Bertz CT molecular complexity index is 990. The molecule has 10 heteroatoms. The number of nitrogens with zero attached hydrogens (tertiary/aromatic N) is 2. The third kappa shape index (κ3) is 5.49. The number of nitrogens with one attached hydrogen (secondary N) is 3. The van der Waals surface area contributed by atoms with Gasteiger partial charge < -0.3 is 20.9 Å². The van der Waals surface area contributed by atoms with Gasteiger partial charge >= 0.3 is 12.2 Å². The van der Waals surface area contributed by atoms with E-state index >= 15 is 0 Å². The molecule has 1 aliphatic heterocycles. The van der Waals surface area contributed by atoms with Crippen molar-refractivity contribution < 1.29 is 22.8 Å². The first-order chi connectivity index (χ1) is 15.3. The second-order valence-corrected chi connectivity index (χ2v) is 7.99. The number of hydrogen-bond donors (Lipinski definition) is 3. The molecule has 1 aromatic heterocycles. The summed E-state index contributed by atoms with van der Waals surface area (Å²) in [7, 11) is 0. The van der Waals surface area contributed by atoms with Crippen LogP contribution in [0.2, 0.25) is 0 Å². The molecule has 2 heterocycles. The van der Waals surface area contributed by atoms with Crippen LogP contribution in [-0.4, -0.2) is 41.0 Å². The third-order valence-corrected chi connectivity index (χ3v) is 5.51. The van der Waals surface area contributed by atoms with E-state index in [4.69, 9.17) is 0 Å². The Labute approximate surface area is 183 Å². The Hall–Kier alpha value is -3.30. The molecular weight excluding hydrogens is 423 g/mol. The van der Waals surface area contributed by atoms with Crippen LogP contribution in [0.3, 0.4) is 0 Å². The molecule has 0 unspecified atom stereocenters. The van der Waals surface area contributed by atoms with Crippen LogP contribution in [-0.2, 0) is 23.9 Å². The Morgan fingerprint density at radius 1 is 1.16 bits per heavy atom. The molecule has 1 aromatic carbocycles. The standard InChI is InChI=1S/C22H24F3N5O2/c23-22(24,25)15-4-7-19(27-12-15)29-18-3-1-2-14-13-30(11-9-17(14)18)20(31)8-10-26-21(32)28-16-5-6-16/h1-4,7,12,16H,5-6,8-11,13H2,(H,27,29)(H2,26,28,32). The Balaban J connectivity index is 1.33. The fraction of sp³-hybridized carbons (Fsp3) is 0.409. The van der Waals surface area contributed by atoms with Crippen LogP contribution < -0.4 is 16.0 Å². The van der Waals surface area contributed by atoms with Crippen molar-refractivity contribution in [2.75, 3.05) is 18.4 Å². The molecular formula is C22H24F3N5O2. The number of carbonyl (C=O) groups excluding carboxylic acids is 2. The van der Waals surface area contributed by atoms with Gasteiger partial charge in [0, 0.05) is 44.0 Å². The lowest BCUT2D eigenvalue weighted by molar-refractivity contribution is -0.137. The third-order valence-electron chi connectivity index (χ3n) is 5.51. The van der Waals surface area contributed by atoms with E-state index in [1.165, 1.54) is 6.07 Å². The minimum absolute atomic E-state index is 0.0369. The summed E-state index contributed by atoms with van der Waals surface area (Å²) in [5, 5.41) is 8.61. The largest absolute Gasteiger partial charge is 0.417 e. The summed E-state index contributed by atoms with van der Waals surface area (Å²) in [4.78, 5) is 29.8. The molecule has 0 radical (unpaired) electrons. The predicted molar refractivity (Wildman–Crippen MR) is 112 cm³/mol. The minimum Gasteiger partial charge on any atom is -0.340 e. The van der Waals surface area contributed by atoms with Gasteiger partial charge in [-0.1, -0.05) is 12.1 Å². The SMILES string of the molecule is O=C(NCCC(=O)N1CCc2c(cccc2Nc2ccc(C(F)(F)F)cn2)C1)NC1CC1. The van der Waals surface area contributed by atoms with E-state index < -0.39 is 11.7 Å². The number of carbonyl (C=O) groups is 2. The van der Waals surface area contributed by atoms with Gasteiger partial charge in [-0.15, -0.1) is 0 Å². The number of halogens is 3. The summed E-state index contributed by atoms with van der Waals surface area (Å²) >= 11 is 0. The van der Waals surface area contributed by atoms with E-state index in [1.54, 1.807) is 4.90 Å². The lowest BCUT2D eigenvalue weighted by Gasteiger charge is -2.30. The van der Waals surface area contributed by atoms with Gasteiger partial charge in [-0.2, -0.15) is 13.2 Å². The highest BCUT2D eigenvalue weighted by Crippen LogP contribution is 2.31. The summed E-state index contributed by atoms with van der Waals surface area (Å²) in [6.45, 7) is 1.25. The van der Waals surface area contributed by atoms with E-state index in [9.17, 15) is 22.8 Å². The Morgan fingerprint density at radius 2 is 1.97 bits per heavy atom. The minimum atomic E-state index is -4.43. The number of pyridine rings is 1. The van der Waals surface area contributed by atoms with Gasteiger partial charge in [0.05, 0.1) is 5.56 Å². The van der Waals surface area contributed by atoms with Gasteiger partial charge in [0.1, 0.15) is 5.82 Å². The van der Waals surface area contributed by atoms with Gasteiger partial charge in [0.25, 0.3) is 0 Å². The quantitative estimate of drug-likeness (QED) is 0.632. The molecule has 3 amide bonds. The monoisotopic (exact) mass is 447 g/mol. The van der Waals surface area contributed by atoms with Crippen molar-refractivity contribution in [3.8, 4) is 0 Å². The number of benzene rings is 1. The van der Waals surface area contributed by atoms with Gasteiger partial charge in [-0.05, 0) is 48.6 Å². The molecule has 170 valence electrons. The molecule has 7 nitrogen and oxygen atoms in total. The number of hydrogen-bond acceptors (Lipinski definition) is 4. The maximum atomic E-state index is 12.7. The molecule has 0 saturated heterocycles.